The molecule has 0 amide bonds. The number of benzene rings is 1. The van der Waals surface area contributed by atoms with Crippen LogP contribution in [0.5, 0.6) is 0 Å². The van der Waals surface area contributed by atoms with Gasteiger partial charge in [0.15, 0.2) is 0 Å². The normalized spacial score (nSPS) is 17.7. The zero-order valence-electron chi connectivity index (χ0n) is 11.3. The standard InChI is InChI=1S/C12H19B2FN2O/c1-16-11-3-2-9(8-10(11)15)12(13,14)17-4-6-18-7-5-17/h2-3,8,16H,4-7,13-14H2,1H3. The van der Waals surface area contributed by atoms with Gasteiger partial charge in [-0.3, -0.25) is 0 Å². The van der Waals surface area contributed by atoms with Crippen molar-refractivity contribution < 1.29 is 9.13 Å². The average molecular weight is 248 g/mol. The molecule has 96 valence electrons. The lowest BCUT2D eigenvalue weighted by Crippen LogP contribution is -2.52. The van der Waals surface area contributed by atoms with Gasteiger partial charge >= 0.3 is 0 Å². The third-order valence-corrected chi connectivity index (χ3v) is 3.75. The molecule has 6 heteroatoms. The van der Waals surface area contributed by atoms with E-state index >= 15 is 0 Å². The molecule has 1 saturated heterocycles. The number of hydrogen-bond donors (Lipinski definition) is 1. The molecule has 0 spiro atoms. The number of ether oxygens (including phenoxy) is 1. The molecule has 1 heterocycles. The second kappa shape index (κ2) is 5.33. The summed E-state index contributed by atoms with van der Waals surface area (Å²) in [6.45, 7) is 3.28. The largest absolute Gasteiger partial charge is 0.386 e. The molecule has 0 aromatic heterocycles. The number of nitrogens with zero attached hydrogens (tertiary/aromatic N) is 1. The minimum absolute atomic E-state index is 0.170. The van der Waals surface area contributed by atoms with Gasteiger partial charge in [-0.2, -0.15) is 0 Å². The smallest absolute Gasteiger partial charge is 0.146 e. The van der Waals surface area contributed by atoms with Crippen LogP contribution < -0.4 is 5.32 Å². The van der Waals surface area contributed by atoms with Crippen LogP contribution in [-0.2, 0) is 10.1 Å². The van der Waals surface area contributed by atoms with E-state index in [0.717, 1.165) is 31.9 Å². The summed E-state index contributed by atoms with van der Waals surface area (Å²) in [7, 11) is 5.99. The van der Waals surface area contributed by atoms with Gasteiger partial charge in [-0.25, -0.2) is 4.39 Å². The van der Waals surface area contributed by atoms with E-state index in [0.29, 0.717) is 5.69 Å². The van der Waals surface area contributed by atoms with Crippen LogP contribution in [0.15, 0.2) is 18.2 Å². The third kappa shape index (κ3) is 2.54. The second-order valence-corrected chi connectivity index (χ2v) is 5.10. The average Bonchev–Trinajstić information content (AvgIpc) is 2.39. The lowest BCUT2D eigenvalue weighted by molar-refractivity contribution is 0.0224. The number of nitrogens with one attached hydrogen (secondary N) is 1. The van der Waals surface area contributed by atoms with Gasteiger partial charge in [-0.05, 0) is 23.0 Å². The Bertz CT molecular complexity index is 423. The van der Waals surface area contributed by atoms with E-state index < -0.39 is 0 Å². The summed E-state index contributed by atoms with van der Waals surface area (Å²) < 4.78 is 19.2. The fourth-order valence-corrected chi connectivity index (χ4v) is 2.40. The minimum atomic E-state index is -0.198. The molecule has 0 radical (unpaired) electrons. The summed E-state index contributed by atoms with van der Waals surface area (Å²) in [5.41, 5.74) is 1.54. The van der Waals surface area contributed by atoms with E-state index in [1.54, 1.807) is 19.2 Å². The van der Waals surface area contributed by atoms with Crippen LogP contribution in [0.2, 0.25) is 0 Å². The van der Waals surface area contributed by atoms with Gasteiger partial charge in [0, 0.05) is 20.1 Å². The highest BCUT2D eigenvalue weighted by Crippen LogP contribution is 2.26. The summed E-state index contributed by atoms with van der Waals surface area (Å²) in [5, 5.41) is 2.68. The molecule has 0 atom stereocenters. The Morgan fingerprint density at radius 2 is 2.00 bits per heavy atom. The Morgan fingerprint density at radius 1 is 1.33 bits per heavy atom. The molecule has 0 saturated carbocycles. The molecular formula is C12H19B2FN2O. The van der Waals surface area contributed by atoms with Gasteiger partial charge in [0.05, 0.1) is 18.9 Å². The first kappa shape index (κ1) is 13.4. The molecule has 1 aliphatic rings. The highest BCUT2D eigenvalue weighted by Gasteiger charge is 2.30. The zero-order valence-corrected chi connectivity index (χ0v) is 11.3. The summed E-state index contributed by atoms with van der Waals surface area (Å²) in [6.07, 6.45) is 0. The van der Waals surface area contributed by atoms with E-state index in [9.17, 15) is 4.39 Å². The number of rotatable bonds is 3. The van der Waals surface area contributed by atoms with Crippen molar-refractivity contribution in [1.29, 1.82) is 0 Å². The lowest BCUT2D eigenvalue weighted by atomic mass is 9.56. The van der Waals surface area contributed by atoms with Crippen molar-refractivity contribution in [2.24, 2.45) is 0 Å². The van der Waals surface area contributed by atoms with Crippen molar-refractivity contribution in [3.05, 3.63) is 29.6 Å². The Morgan fingerprint density at radius 3 is 2.56 bits per heavy atom. The maximum atomic E-state index is 13.8. The zero-order chi connectivity index (χ0) is 13.2. The van der Waals surface area contributed by atoms with Crippen LogP contribution in [0.3, 0.4) is 0 Å². The maximum Gasteiger partial charge on any atom is 0.146 e. The first-order valence-electron chi connectivity index (χ1n) is 6.36. The van der Waals surface area contributed by atoms with Crippen LogP contribution in [0.1, 0.15) is 5.56 Å². The number of halogens is 1. The van der Waals surface area contributed by atoms with Crippen molar-refractivity contribution >= 4 is 21.4 Å². The molecule has 1 aliphatic heterocycles. The molecule has 0 bridgehead atoms. The van der Waals surface area contributed by atoms with Gasteiger partial charge in [0.1, 0.15) is 21.5 Å². The molecule has 1 fully saturated rings. The Hall–Kier alpha value is -1.00. The monoisotopic (exact) mass is 248 g/mol. The van der Waals surface area contributed by atoms with Crippen molar-refractivity contribution in [2.75, 3.05) is 38.7 Å². The predicted molar refractivity (Wildman–Crippen MR) is 77.1 cm³/mol. The summed E-state index contributed by atoms with van der Waals surface area (Å²) in [5.74, 6) is -0.198. The van der Waals surface area contributed by atoms with Gasteiger partial charge in [0.2, 0.25) is 0 Å². The molecule has 2 rings (SSSR count). The summed E-state index contributed by atoms with van der Waals surface area (Å²) >= 11 is 0. The van der Waals surface area contributed by atoms with E-state index in [4.69, 9.17) is 4.74 Å². The molecule has 18 heavy (non-hydrogen) atoms. The predicted octanol–water partition coefficient (Wildman–Crippen LogP) is -0.424. The van der Waals surface area contributed by atoms with Gasteiger partial charge in [-0.1, -0.05) is 6.07 Å². The third-order valence-electron chi connectivity index (χ3n) is 3.75. The Labute approximate surface area is 110 Å². The Kier molecular flexibility index (Phi) is 3.97. The van der Waals surface area contributed by atoms with E-state index in [1.165, 1.54) is 0 Å². The fourth-order valence-electron chi connectivity index (χ4n) is 2.40. The first-order chi connectivity index (χ1) is 8.55. The molecule has 1 aromatic carbocycles. The van der Waals surface area contributed by atoms with Crippen LogP contribution in [-0.4, -0.2) is 53.9 Å². The van der Waals surface area contributed by atoms with Gasteiger partial charge < -0.3 is 15.0 Å². The number of hydrogen-bond acceptors (Lipinski definition) is 3. The minimum Gasteiger partial charge on any atom is -0.386 e. The SMILES string of the molecule is BC(B)(c1ccc(NC)c(F)c1)N1CCOCC1. The number of morpholine rings is 1. The molecule has 1 aromatic rings. The fraction of sp³-hybridized carbons (Fsp3) is 0.500. The highest BCUT2D eigenvalue weighted by atomic mass is 19.1. The quantitative estimate of drug-likeness (QED) is 0.735. The highest BCUT2D eigenvalue weighted by molar-refractivity contribution is 6.39. The van der Waals surface area contributed by atoms with Crippen molar-refractivity contribution in [3.8, 4) is 0 Å². The van der Waals surface area contributed by atoms with Crippen molar-refractivity contribution in [3.63, 3.8) is 0 Å². The first-order valence-corrected chi connectivity index (χ1v) is 6.36. The molecule has 0 unspecified atom stereocenters. The molecule has 3 nitrogen and oxygen atoms in total. The van der Waals surface area contributed by atoms with Crippen molar-refractivity contribution in [1.82, 2.24) is 4.90 Å². The van der Waals surface area contributed by atoms with Gasteiger partial charge in [0.25, 0.3) is 0 Å². The Balaban J connectivity index is 2.25. The van der Waals surface area contributed by atoms with E-state index in [1.807, 2.05) is 6.07 Å². The van der Waals surface area contributed by atoms with Crippen LogP contribution in [0.4, 0.5) is 10.1 Å². The number of anilines is 1. The molecular weight excluding hydrogens is 229 g/mol. The second-order valence-electron chi connectivity index (χ2n) is 5.10. The lowest BCUT2D eigenvalue weighted by Gasteiger charge is -2.41. The van der Waals surface area contributed by atoms with E-state index in [2.05, 4.69) is 25.9 Å². The van der Waals surface area contributed by atoms with Crippen molar-refractivity contribution in [2.45, 2.75) is 5.34 Å². The van der Waals surface area contributed by atoms with E-state index in [-0.39, 0.29) is 11.2 Å². The van der Waals surface area contributed by atoms with Crippen LogP contribution >= 0.6 is 0 Å². The topological polar surface area (TPSA) is 24.5 Å². The summed E-state index contributed by atoms with van der Waals surface area (Å²) in [4.78, 5) is 2.34. The van der Waals surface area contributed by atoms with Crippen LogP contribution in [0, 0.1) is 5.82 Å². The molecule has 0 aliphatic carbocycles. The summed E-state index contributed by atoms with van der Waals surface area (Å²) in [6, 6.07) is 5.42. The molecule has 1 N–H and O–H groups in total. The maximum absolute atomic E-state index is 13.8. The van der Waals surface area contributed by atoms with Crippen LogP contribution in [0.25, 0.3) is 0 Å². The van der Waals surface area contributed by atoms with Gasteiger partial charge in [-0.15, -0.1) is 0 Å².